The largest absolute Gasteiger partial charge is 0.377 e. The lowest BCUT2D eigenvalue weighted by molar-refractivity contribution is -0.0659. The maximum atomic E-state index is 6.47. The summed E-state index contributed by atoms with van der Waals surface area (Å²) in [6.45, 7) is 6.50. The Morgan fingerprint density at radius 3 is 2.53 bits per heavy atom. The van der Waals surface area contributed by atoms with Gasteiger partial charge in [-0.3, -0.25) is 0 Å². The molecule has 1 aromatic heterocycles. The Morgan fingerprint density at radius 1 is 1.42 bits per heavy atom. The van der Waals surface area contributed by atoms with E-state index in [1.807, 2.05) is 7.11 Å². The molecular formula is C15H26N2OS. The second kappa shape index (κ2) is 5.90. The van der Waals surface area contributed by atoms with Crippen molar-refractivity contribution in [3.8, 4) is 0 Å². The molecule has 4 heteroatoms. The van der Waals surface area contributed by atoms with Crippen molar-refractivity contribution in [1.82, 2.24) is 4.98 Å². The summed E-state index contributed by atoms with van der Waals surface area (Å²) in [7, 11) is 1.81. The van der Waals surface area contributed by atoms with Crippen LogP contribution in [0.1, 0.15) is 48.2 Å². The fourth-order valence-electron chi connectivity index (χ4n) is 2.98. The Morgan fingerprint density at radius 2 is 2.05 bits per heavy atom. The van der Waals surface area contributed by atoms with Gasteiger partial charge in [0.05, 0.1) is 16.3 Å². The molecule has 3 nitrogen and oxygen atoms in total. The predicted octanol–water partition coefficient (Wildman–Crippen LogP) is 3.23. The van der Waals surface area contributed by atoms with Gasteiger partial charge in [-0.1, -0.05) is 6.92 Å². The molecule has 0 bridgehead atoms. The zero-order chi connectivity index (χ0) is 14.0. The average Bonchev–Trinajstić information content (AvgIpc) is 2.69. The topological polar surface area (TPSA) is 48.1 Å². The van der Waals surface area contributed by atoms with Crippen molar-refractivity contribution >= 4 is 11.3 Å². The van der Waals surface area contributed by atoms with E-state index in [1.165, 1.54) is 17.7 Å². The number of nitrogens with two attached hydrogens (primary N) is 1. The van der Waals surface area contributed by atoms with Crippen molar-refractivity contribution in [2.45, 2.75) is 64.5 Å². The molecule has 1 unspecified atom stereocenters. The maximum absolute atomic E-state index is 6.47. The van der Waals surface area contributed by atoms with E-state index in [-0.39, 0.29) is 11.6 Å². The van der Waals surface area contributed by atoms with Gasteiger partial charge in [-0.05, 0) is 45.4 Å². The molecule has 0 spiro atoms. The Hall–Kier alpha value is -0.450. The summed E-state index contributed by atoms with van der Waals surface area (Å²) >= 11 is 1.77. The van der Waals surface area contributed by atoms with E-state index in [9.17, 15) is 0 Å². The molecule has 1 heterocycles. The first kappa shape index (κ1) is 14.9. The summed E-state index contributed by atoms with van der Waals surface area (Å²) in [5.74, 6) is 0.805. The average molecular weight is 282 g/mol. The van der Waals surface area contributed by atoms with E-state index in [4.69, 9.17) is 10.5 Å². The number of hydrogen-bond acceptors (Lipinski definition) is 4. The molecule has 2 rings (SSSR count). The second-order valence-corrected chi connectivity index (χ2v) is 7.30. The summed E-state index contributed by atoms with van der Waals surface area (Å²) in [4.78, 5) is 5.91. The molecule has 19 heavy (non-hydrogen) atoms. The lowest BCUT2D eigenvalue weighted by Gasteiger charge is -2.42. The van der Waals surface area contributed by atoms with Gasteiger partial charge in [-0.2, -0.15) is 0 Å². The smallest absolute Gasteiger partial charge is 0.0947 e. The first-order chi connectivity index (χ1) is 8.97. The molecule has 108 valence electrons. The second-order valence-electron chi connectivity index (χ2n) is 6.01. The van der Waals surface area contributed by atoms with Crippen LogP contribution in [0.2, 0.25) is 0 Å². The first-order valence-electron chi connectivity index (χ1n) is 7.20. The minimum atomic E-state index is -0.139. The van der Waals surface area contributed by atoms with Gasteiger partial charge in [0.2, 0.25) is 0 Å². The molecule has 1 atom stereocenters. The molecule has 0 amide bonds. The summed E-state index contributed by atoms with van der Waals surface area (Å²) in [5.41, 5.74) is 7.47. The van der Waals surface area contributed by atoms with E-state index in [0.717, 1.165) is 35.9 Å². The molecule has 0 aliphatic heterocycles. The van der Waals surface area contributed by atoms with Crippen LogP contribution in [-0.4, -0.2) is 23.7 Å². The molecule has 1 aliphatic carbocycles. The first-order valence-corrected chi connectivity index (χ1v) is 8.02. The monoisotopic (exact) mass is 282 g/mol. The maximum Gasteiger partial charge on any atom is 0.0947 e. The Kier molecular flexibility index (Phi) is 4.64. The number of nitrogens with zero attached hydrogens (tertiary/aromatic N) is 1. The zero-order valence-electron chi connectivity index (χ0n) is 12.5. The van der Waals surface area contributed by atoms with Crippen molar-refractivity contribution in [3.05, 3.63) is 15.6 Å². The van der Waals surface area contributed by atoms with Gasteiger partial charge in [-0.25, -0.2) is 4.98 Å². The highest BCUT2D eigenvalue weighted by molar-refractivity contribution is 7.11. The Labute approximate surface area is 120 Å². The van der Waals surface area contributed by atoms with Crippen molar-refractivity contribution in [1.29, 1.82) is 0 Å². The molecule has 0 saturated heterocycles. The third kappa shape index (κ3) is 3.18. The Bertz CT molecular complexity index is 402. The summed E-state index contributed by atoms with van der Waals surface area (Å²) < 4.78 is 5.85. The van der Waals surface area contributed by atoms with Gasteiger partial charge < -0.3 is 10.5 Å². The zero-order valence-corrected chi connectivity index (χ0v) is 13.3. The summed E-state index contributed by atoms with van der Waals surface area (Å²) in [5, 5.41) is 1.15. The molecule has 1 saturated carbocycles. The van der Waals surface area contributed by atoms with Gasteiger partial charge in [0.1, 0.15) is 0 Å². The van der Waals surface area contributed by atoms with Crippen molar-refractivity contribution < 1.29 is 4.74 Å². The number of aryl methyl sites for hydroxylation is 2. The van der Waals surface area contributed by atoms with Crippen LogP contribution in [0.15, 0.2) is 0 Å². The number of thiazole rings is 1. The van der Waals surface area contributed by atoms with Gasteiger partial charge >= 0.3 is 0 Å². The van der Waals surface area contributed by atoms with Gasteiger partial charge in [-0.15, -0.1) is 11.3 Å². The van der Waals surface area contributed by atoms with Crippen LogP contribution < -0.4 is 5.73 Å². The van der Waals surface area contributed by atoms with E-state index < -0.39 is 0 Å². The van der Waals surface area contributed by atoms with Gasteiger partial charge in [0.15, 0.2) is 0 Å². The van der Waals surface area contributed by atoms with Crippen LogP contribution >= 0.6 is 11.3 Å². The number of rotatable bonds is 4. The highest BCUT2D eigenvalue weighted by atomic mass is 32.1. The summed E-state index contributed by atoms with van der Waals surface area (Å²) in [6.07, 6.45) is 5.43. The van der Waals surface area contributed by atoms with Crippen LogP contribution in [0.3, 0.4) is 0 Å². The number of aromatic nitrogens is 1. The fourth-order valence-corrected chi connectivity index (χ4v) is 3.97. The molecule has 0 radical (unpaired) electrons. The standard InChI is InChI=1S/C15H26N2OS/c1-10-5-7-15(18-4,8-6-10)13(16)9-14-17-11(2)12(3)19-14/h10,13H,5-9,16H2,1-4H3. The fraction of sp³-hybridized carbons (Fsp3) is 0.800. The number of ether oxygens (including phenoxy) is 1. The quantitative estimate of drug-likeness (QED) is 0.922. The number of methoxy groups -OCH3 is 1. The van der Waals surface area contributed by atoms with Crippen molar-refractivity contribution in [2.75, 3.05) is 7.11 Å². The number of hydrogen-bond donors (Lipinski definition) is 1. The normalized spacial score (nSPS) is 29.4. The highest BCUT2D eigenvalue weighted by Gasteiger charge is 2.40. The van der Waals surface area contributed by atoms with E-state index in [1.54, 1.807) is 11.3 Å². The van der Waals surface area contributed by atoms with Crippen LogP contribution in [0, 0.1) is 19.8 Å². The van der Waals surface area contributed by atoms with Crippen LogP contribution in [-0.2, 0) is 11.2 Å². The van der Waals surface area contributed by atoms with Crippen LogP contribution in [0.25, 0.3) is 0 Å². The van der Waals surface area contributed by atoms with E-state index >= 15 is 0 Å². The Balaban J connectivity index is 2.06. The summed E-state index contributed by atoms with van der Waals surface area (Å²) in [6, 6.07) is 0.0509. The SMILES string of the molecule is COC1(C(N)Cc2nc(C)c(C)s2)CCC(C)CC1. The minimum absolute atomic E-state index is 0.0509. The van der Waals surface area contributed by atoms with Crippen LogP contribution in [0.5, 0.6) is 0 Å². The van der Waals surface area contributed by atoms with Crippen LogP contribution in [0.4, 0.5) is 0 Å². The third-order valence-electron chi connectivity index (χ3n) is 4.67. The van der Waals surface area contributed by atoms with E-state index in [0.29, 0.717) is 0 Å². The third-order valence-corrected chi connectivity index (χ3v) is 5.77. The molecule has 1 aromatic rings. The molecule has 0 aromatic carbocycles. The molecule has 2 N–H and O–H groups in total. The van der Waals surface area contributed by atoms with Crippen molar-refractivity contribution in [3.63, 3.8) is 0 Å². The van der Waals surface area contributed by atoms with Gasteiger partial charge in [0.25, 0.3) is 0 Å². The molecule has 1 aliphatic rings. The highest BCUT2D eigenvalue weighted by Crippen LogP contribution is 2.37. The predicted molar refractivity (Wildman–Crippen MR) is 80.6 cm³/mol. The lowest BCUT2D eigenvalue weighted by atomic mass is 9.75. The van der Waals surface area contributed by atoms with Gasteiger partial charge in [0, 0.05) is 24.4 Å². The van der Waals surface area contributed by atoms with Crippen molar-refractivity contribution in [2.24, 2.45) is 11.7 Å². The van der Waals surface area contributed by atoms with E-state index in [2.05, 4.69) is 25.8 Å². The lowest BCUT2D eigenvalue weighted by Crippen LogP contribution is -2.52. The molecular weight excluding hydrogens is 256 g/mol. The molecule has 1 fully saturated rings. The minimum Gasteiger partial charge on any atom is -0.377 e.